The molecule has 1 amide bonds. The Morgan fingerprint density at radius 1 is 1.30 bits per heavy atom. The molecular weight excluding hydrogens is 252 g/mol. The molecule has 4 nitrogen and oxygen atoms in total. The quantitative estimate of drug-likeness (QED) is 0.793. The van der Waals surface area contributed by atoms with Crippen LogP contribution in [0.2, 0.25) is 0 Å². The van der Waals surface area contributed by atoms with Crippen molar-refractivity contribution in [2.24, 2.45) is 11.7 Å². The maximum Gasteiger partial charge on any atom is 0.224 e. The largest absolute Gasteiger partial charge is 0.383 e. The molecule has 1 aromatic carbocycles. The summed E-state index contributed by atoms with van der Waals surface area (Å²) in [6.45, 7) is 6.12. The maximum absolute atomic E-state index is 12.4. The smallest absolute Gasteiger partial charge is 0.224 e. The van der Waals surface area contributed by atoms with Gasteiger partial charge in [0.1, 0.15) is 0 Å². The minimum absolute atomic E-state index is 0.0899. The number of hydrogen-bond donors (Lipinski definition) is 1. The summed E-state index contributed by atoms with van der Waals surface area (Å²) >= 11 is 0. The normalized spacial score (nSPS) is 12.4. The van der Waals surface area contributed by atoms with Crippen molar-refractivity contribution < 1.29 is 9.53 Å². The van der Waals surface area contributed by atoms with Crippen molar-refractivity contribution in [3.8, 4) is 0 Å². The molecule has 4 heteroatoms. The molecule has 0 aromatic heterocycles. The van der Waals surface area contributed by atoms with Crippen LogP contribution in [-0.4, -0.2) is 37.6 Å². The molecule has 1 atom stereocenters. The first-order chi connectivity index (χ1) is 9.54. The second-order valence-corrected chi connectivity index (χ2v) is 5.45. The molecule has 0 saturated carbocycles. The Bertz CT molecular complexity index is 393. The highest BCUT2D eigenvalue weighted by Gasteiger charge is 2.18. The van der Waals surface area contributed by atoms with Gasteiger partial charge in [-0.1, -0.05) is 44.2 Å². The molecule has 1 aromatic rings. The molecule has 0 radical (unpaired) electrons. The number of methoxy groups -OCH3 is 1. The van der Waals surface area contributed by atoms with E-state index in [1.165, 1.54) is 0 Å². The highest BCUT2D eigenvalue weighted by molar-refractivity contribution is 5.77. The second kappa shape index (κ2) is 8.72. The van der Waals surface area contributed by atoms with Crippen LogP contribution in [0.3, 0.4) is 0 Å². The summed E-state index contributed by atoms with van der Waals surface area (Å²) in [7, 11) is 1.65. The van der Waals surface area contributed by atoms with E-state index in [2.05, 4.69) is 13.8 Å². The molecule has 20 heavy (non-hydrogen) atoms. The van der Waals surface area contributed by atoms with E-state index in [-0.39, 0.29) is 11.9 Å². The molecule has 1 rings (SSSR count). The van der Waals surface area contributed by atoms with Crippen molar-refractivity contribution in [3.63, 3.8) is 0 Å². The third kappa shape index (κ3) is 5.72. The number of hydrogen-bond acceptors (Lipinski definition) is 3. The van der Waals surface area contributed by atoms with Gasteiger partial charge >= 0.3 is 0 Å². The fraction of sp³-hybridized carbons (Fsp3) is 0.562. The standard InChI is InChI=1S/C16H26N2O2/c1-13(2)12-18(9-10-20-3)16(19)11-15(17)14-7-5-4-6-8-14/h4-8,13,15H,9-12,17H2,1-3H3. The SMILES string of the molecule is COCCN(CC(C)C)C(=O)CC(N)c1ccccc1. The van der Waals surface area contributed by atoms with E-state index in [9.17, 15) is 4.79 Å². The highest BCUT2D eigenvalue weighted by Crippen LogP contribution is 2.15. The Balaban J connectivity index is 2.60. The van der Waals surface area contributed by atoms with Gasteiger partial charge in [0.05, 0.1) is 6.61 Å². The van der Waals surface area contributed by atoms with Gasteiger partial charge in [0, 0.05) is 32.7 Å². The van der Waals surface area contributed by atoms with Crippen molar-refractivity contribution in [2.75, 3.05) is 26.8 Å². The van der Waals surface area contributed by atoms with Gasteiger partial charge in [-0.15, -0.1) is 0 Å². The predicted molar refractivity (Wildman–Crippen MR) is 81.3 cm³/mol. The Morgan fingerprint density at radius 3 is 2.50 bits per heavy atom. The molecule has 0 heterocycles. The minimum atomic E-state index is -0.249. The van der Waals surface area contributed by atoms with Gasteiger partial charge in [0.25, 0.3) is 0 Å². The summed E-state index contributed by atoms with van der Waals surface area (Å²) < 4.78 is 5.07. The van der Waals surface area contributed by atoms with Crippen molar-refractivity contribution in [1.29, 1.82) is 0 Å². The van der Waals surface area contributed by atoms with Crippen LogP contribution in [0, 0.1) is 5.92 Å². The summed E-state index contributed by atoms with van der Waals surface area (Å²) in [4.78, 5) is 14.2. The number of carbonyl (C=O) groups excluding carboxylic acids is 1. The molecule has 2 N–H and O–H groups in total. The van der Waals surface area contributed by atoms with Gasteiger partial charge in [-0.05, 0) is 11.5 Å². The molecule has 0 bridgehead atoms. The Hall–Kier alpha value is -1.39. The number of benzene rings is 1. The Kier molecular flexibility index (Phi) is 7.26. The van der Waals surface area contributed by atoms with E-state index in [4.69, 9.17) is 10.5 Å². The van der Waals surface area contributed by atoms with E-state index in [0.29, 0.717) is 25.5 Å². The first kappa shape index (κ1) is 16.7. The molecule has 0 aliphatic rings. The topological polar surface area (TPSA) is 55.6 Å². The average molecular weight is 278 g/mol. The molecular formula is C16H26N2O2. The zero-order chi connectivity index (χ0) is 15.0. The second-order valence-electron chi connectivity index (χ2n) is 5.45. The minimum Gasteiger partial charge on any atom is -0.383 e. The zero-order valence-electron chi connectivity index (χ0n) is 12.7. The summed E-state index contributed by atoms with van der Waals surface area (Å²) in [5, 5.41) is 0. The highest BCUT2D eigenvalue weighted by atomic mass is 16.5. The molecule has 0 fully saturated rings. The van der Waals surface area contributed by atoms with Crippen LogP contribution < -0.4 is 5.73 Å². The lowest BCUT2D eigenvalue weighted by Gasteiger charge is -2.25. The van der Waals surface area contributed by atoms with Gasteiger partial charge in [-0.3, -0.25) is 4.79 Å². The summed E-state index contributed by atoms with van der Waals surface area (Å²) in [5.41, 5.74) is 7.11. The number of ether oxygens (including phenoxy) is 1. The van der Waals surface area contributed by atoms with Crippen molar-refractivity contribution in [2.45, 2.75) is 26.3 Å². The van der Waals surface area contributed by atoms with Crippen molar-refractivity contribution in [3.05, 3.63) is 35.9 Å². The van der Waals surface area contributed by atoms with Crippen LogP contribution in [0.5, 0.6) is 0 Å². The number of nitrogens with two attached hydrogens (primary N) is 1. The molecule has 0 aliphatic heterocycles. The first-order valence-electron chi connectivity index (χ1n) is 7.11. The monoisotopic (exact) mass is 278 g/mol. The lowest BCUT2D eigenvalue weighted by atomic mass is 10.0. The predicted octanol–water partition coefficient (Wildman–Crippen LogP) is 2.21. The van der Waals surface area contributed by atoms with E-state index in [0.717, 1.165) is 12.1 Å². The van der Waals surface area contributed by atoms with E-state index >= 15 is 0 Å². The molecule has 0 saturated heterocycles. The Labute approximate surface area is 121 Å². The van der Waals surface area contributed by atoms with Crippen molar-refractivity contribution >= 4 is 5.91 Å². The van der Waals surface area contributed by atoms with Crippen LogP contribution in [0.4, 0.5) is 0 Å². The van der Waals surface area contributed by atoms with Crippen LogP contribution in [-0.2, 0) is 9.53 Å². The van der Waals surface area contributed by atoms with Gasteiger partial charge in [0.2, 0.25) is 5.91 Å². The van der Waals surface area contributed by atoms with Crippen LogP contribution >= 0.6 is 0 Å². The lowest BCUT2D eigenvalue weighted by Crippen LogP contribution is -2.38. The Morgan fingerprint density at radius 2 is 1.95 bits per heavy atom. The summed E-state index contributed by atoms with van der Waals surface area (Å²) in [5.74, 6) is 0.524. The maximum atomic E-state index is 12.4. The fourth-order valence-corrected chi connectivity index (χ4v) is 2.10. The van der Waals surface area contributed by atoms with Crippen LogP contribution in [0.15, 0.2) is 30.3 Å². The van der Waals surface area contributed by atoms with E-state index < -0.39 is 0 Å². The third-order valence-electron chi connectivity index (χ3n) is 3.13. The molecule has 112 valence electrons. The van der Waals surface area contributed by atoms with Gasteiger partial charge in [-0.25, -0.2) is 0 Å². The zero-order valence-corrected chi connectivity index (χ0v) is 12.7. The van der Waals surface area contributed by atoms with Crippen LogP contribution in [0.25, 0.3) is 0 Å². The van der Waals surface area contributed by atoms with Gasteiger partial charge in [0.15, 0.2) is 0 Å². The van der Waals surface area contributed by atoms with Crippen LogP contribution in [0.1, 0.15) is 31.9 Å². The summed E-state index contributed by atoms with van der Waals surface area (Å²) in [6, 6.07) is 9.50. The molecule has 1 unspecified atom stereocenters. The van der Waals surface area contributed by atoms with E-state index in [1.54, 1.807) is 7.11 Å². The van der Waals surface area contributed by atoms with Gasteiger partial charge in [-0.2, -0.15) is 0 Å². The summed E-state index contributed by atoms with van der Waals surface area (Å²) in [6.07, 6.45) is 0.334. The number of nitrogens with zero attached hydrogens (tertiary/aromatic N) is 1. The van der Waals surface area contributed by atoms with E-state index in [1.807, 2.05) is 35.2 Å². The lowest BCUT2D eigenvalue weighted by molar-refractivity contribution is -0.132. The number of amides is 1. The number of rotatable bonds is 8. The van der Waals surface area contributed by atoms with Gasteiger partial charge < -0.3 is 15.4 Å². The molecule has 0 spiro atoms. The molecule has 0 aliphatic carbocycles. The first-order valence-corrected chi connectivity index (χ1v) is 7.11. The average Bonchev–Trinajstić information content (AvgIpc) is 2.43. The fourth-order valence-electron chi connectivity index (χ4n) is 2.10. The third-order valence-corrected chi connectivity index (χ3v) is 3.13. The number of carbonyl (C=O) groups is 1. The van der Waals surface area contributed by atoms with Crippen molar-refractivity contribution in [1.82, 2.24) is 4.90 Å².